The molecule has 0 bridgehead atoms. The molecule has 1 unspecified atom stereocenters. The van der Waals surface area contributed by atoms with Crippen molar-refractivity contribution in [3.05, 3.63) is 64.5 Å². The highest BCUT2D eigenvalue weighted by molar-refractivity contribution is 6.04. The summed E-state index contributed by atoms with van der Waals surface area (Å²) in [5.74, 6) is 0.208. The van der Waals surface area contributed by atoms with Crippen LogP contribution in [-0.4, -0.2) is 30.2 Å². The van der Waals surface area contributed by atoms with E-state index in [-0.39, 0.29) is 30.0 Å². The molecule has 0 heterocycles. The summed E-state index contributed by atoms with van der Waals surface area (Å²) in [4.78, 5) is 26.2. The van der Waals surface area contributed by atoms with Crippen LogP contribution in [0.3, 0.4) is 0 Å². The Hall–Kier alpha value is -2.69. The summed E-state index contributed by atoms with van der Waals surface area (Å²) < 4.78 is 18.6. The van der Waals surface area contributed by atoms with Crippen LogP contribution < -0.4 is 4.74 Å². The zero-order chi connectivity index (χ0) is 18.8. The predicted octanol–water partition coefficient (Wildman–Crippen LogP) is 3.86. The van der Waals surface area contributed by atoms with Gasteiger partial charge in [0.1, 0.15) is 11.6 Å². The first kappa shape index (κ1) is 18.1. The molecule has 2 aromatic rings. The molecule has 0 fully saturated rings. The first-order valence-corrected chi connectivity index (χ1v) is 8.64. The molecule has 0 saturated heterocycles. The van der Waals surface area contributed by atoms with Gasteiger partial charge in [-0.15, -0.1) is 0 Å². The average molecular weight is 355 g/mol. The van der Waals surface area contributed by atoms with E-state index in [4.69, 9.17) is 4.74 Å². The number of aryl methyl sites for hydroxylation is 1. The number of benzene rings is 2. The number of ketones is 1. The number of nitrogens with zero attached hydrogens (tertiary/aromatic N) is 1. The zero-order valence-electron chi connectivity index (χ0n) is 15.2. The molecule has 26 heavy (non-hydrogen) atoms. The van der Waals surface area contributed by atoms with Crippen molar-refractivity contribution in [3.8, 4) is 5.75 Å². The molecule has 1 amide bonds. The van der Waals surface area contributed by atoms with Crippen molar-refractivity contribution < 1.29 is 18.7 Å². The number of hydrogen-bond donors (Lipinski definition) is 0. The fourth-order valence-electron chi connectivity index (χ4n) is 3.43. The van der Waals surface area contributed by atoms with E-state index < -0.39 is 0 Å². The normalized spacial score (nSPS) is 15.7. The smallest absolute Gasteiger partial charge is 0.260 e. The molecule has 1 aliphatic carbocycles. The molecule has 4 nitrogen and oxygen atoms in total. The van der Waals surface area contributed by atoms with Gasteiger partial charge in [-0.25, -0.2) is 4.39 Å². The maximum atomic E-state index is 13.0. The van der Waals surface area contributed by atoms with Crippen LogP contribution in [0.5, 0.6) is 5.75 Å². The number of halogens is 1. The van der Waals surface area contributed by atoms with Gasteiger partial charge >= 0.3 is 0 Å². The van der Waals surface area contributed by atoms with Crippen LogP contribution >= 0.6 is 0 Å². The summed E-state index contributed by atoms with van der Waals surface area (Å²) in [6.07, 6.45) is 0.481. The summed E-state index contributed by atoms with van der Waals surface area (Å²) in [7, 11) is 1.67. The van der Waals surface area contributed by atoms with Crippen molar-refractivity contribution in [2.45, 2.75) is 32.7 Å². The standard InChI is InChI=1S/C21H22FNO3/c1-13-4-9-18(21-17(24)10-14(2)20(13)21)26-12-19(25)23(3)11-15-5-7-16(22)8-6-15/h4-9,14H,10-12H2,1-3H3. The number of hydrogen-bond acceptors (Lipinski definition) is 3. The Labute approximate surface area is 152 Å². The van der Waals surface area contributed by atoms with Gasteiger partial charge in [0.25, 0.3) is 5.91 Å². The van der Waals surface area contributed by atoms with Gasteiger partial charge in [0.15, 0.2) is 12.4 Å². The third-order valence-corrected chi connectivity index (χ3v) is 4.80. The molecule has 0 N–H and O–H groups in total. The fraction of sp³-hybridized carbons (Fsp3) is 0.333. The molecule has 1 aliphatic rings. The average Bonchev–Trinajstić information content (AvgIpc) is 2.91. The van der Waals surface area contributed by atoms with Crippen molar-refractivity contribution in [3.63, 3.8) is 0 Å². The van der Waals surface area contributed by atoms with E-state index in [0.29, 0.717) is 24.3 Å². The van der Waals surface area contributed by atoms with Crippen molar-refractivity contribution in [2.24, 2.45) is 0 Å². The molecule has 0 spiro atoms. The minimum absolute atomic E-state index is 0.0679. The summed E-state index contributed by atoms with van der Waals surface area (Å²) in [6.45, 7) is 4.24. The maximum Gasteiger partial charge on any atom is 0.260 e. The maximum absolute atomic E-state index is 13.0. The molecule has 0 saturated carbocycles. The molecule has 2 aromatic carbocycles. The van der Waals surface area contributed by atoms with Gasteiger partial charge in [0, 0.05) is 20.0 Å². The van der Waals surface area contributed by atoms with Crippen molar-refractivity contribution in [2.75, 3.05) is 13.7 Å². The first-order chi connectivity index (χ1) is 12.4. The Kier molecular flexibility index (Phi) is 5.07. The van der Waals surface area contributed by atoms with Crippen molar-refractivity contribution in [1.29, 1.82) is 0 Å². The molecule has 5 heteroatoms. The number of fused-ring (bicyclic) bond motifs is 1. The van der Waals surface area contributed by atoms with Crippen LogP contribution in [0.15, 0.2) is 36.4 Å². The molecule has 0 aliphatic heterocycles. The highest BCUT2D eigenvalue weighted by Gasteiger charge is 2.31. The summed E-state index contributed by atoms with van der Waals surface area (Å²) in [5, 5.41) is 0. The second kappa shape index (κ2) is 7.28. The van der Waals surface area contributed by atoms with Gasteiger partial charge in [-0.1, -0.05) is 25.1 Å². The van der Waals surface area contributed by atoms with Crippen LogP contribution in [0.25, 0.3) is 0 Å². The number of Topliss-reactive ketones (excluding diaryl/α,β-unsaturated/α-hetero) is 1. The lowest BCUT2D eigenvalue weighted by Gasteiger charge is -2.18. The quantitative estimate of drug-likeness (QED) is 0.818. The third-order valence-electron chi connectivity index (χ3n) is 4.80. The Balaban J connectivity index is 1.67. The highest BCUT2D eigenvalue weighted by Crippen LogP contribution is 2.40. The predicted molar refractivity (Wildman–Crippen MR) is 96.9 cm³/mol. The van der Waals surface area contributed by atoms with E-state index >= 15 is 0 Å². The molecule has 0 aromatic heterocycles. The van der Waals surface area contributed by atoms with Crippen LogP contribution in [0.1, 0.15) is 46.3 Å². The van der Waals surface area contributed by atoms with Crippen molar-refractivity contribution in [1.82, 2.24) is 4.90 Å². The monoisotopic (exact) mass is 355 g/mol. The largest absolute Gasteiger partial charge is 0.483 e. The number of rotatable bonds is 5. The number of carbonyl (C=O) groups is 2. The summed E-state index contributed by atoms with van der Waals surface area (Å²) in [6, 6.07) is 9.71. The minimum Gasteiger partial charge on any atom is -0.483 e. The van der Waals surface area contributed by atoms with Gasteiger partial charge in [-0.2, -0.15) is 0 Å². The zero-order valence-corrected chi connectivity index (χ0v) is 15.2. The first-order valence-electron chi connectivity index (χ1n) is 8.64. The fourth-order valence-corrected chi connectivity index (χ4v) is 3.43. The van der Waals surface area contributed by atoms with E-state index in [0.717, 1.165) is 16.7 Å². The Morgan fingerprint density at radius 1 is 1.23 bits per heavy atom. The van der Waals surface area contributed by atoms with Crippen LogP contribution in [0.2, 0.25) is 0 Å². The lowest BCUT2D eigenvalue weighted by atomic mass is 9.97. The number of ether oxygens (including phenoxy) is 1. The summed E-state index contributed by atoms with van der Waals surface area (Å²) in [5.41, 5.74) is 3.55. The Morgan fingerprint density at radius 3 is 2.62 bits per heavy atom. The van der Waals surface area contributed by atoms with Gasteiger partial charge in [-0.05, 0) is 47.7 Å². The van der Waals surface area contributed by atoms with E-state index in [1.807, 2.05) is 19.9 Å². The van der Waals surface area contributed by atoms with E-state index in [2.05, 4.69) is 0 Å². The summed E-state index contributed by atoms with van der Waals surface area (Å²) >= 11 is 0. The van der Waals surface area contributed by atoms with Gasteiger partial charge < -0.3 is 9.64 Å². The second-order valence-electron chi connectivity index (χ2n) is 6.86. The topological polar surface area (TPSA) is 46.6 Å². The lowest BCUT2D eigenvalue weighted by Crippen LogP contribution is -2.31. The van der Waals surface area contributed by atoms with E-state index in [1.165, 1.54) is 17.0 Å². The lowest BCUT2D eigenvalue weighted by molar-refractivity contribution is -0.132. The molecule has 1 atom stereocenters. The molecular formula is C21H22FNO3. The number of amides is 1. The van der Waals surface area contributed by atoms with E-state index in [1.54, 1.807) is 25.2 Å². The number of likely N-dealkylation sites (N-methyl/N-ethyl adjacent to an activating group) is 1. The number of carbonyl (C=O) groups excluding carboxylic acids is 2. The SMILES string of the molecule is Cc1ccc(OCC(=O)N(C)Cc2ccc(F)cc2)c2c1C(C)CC2=O. The van der Waals surface area contributed by atoms with Crippen LogP contribution in [0.4, 0.5) is 4.39 Å². The van der Waals surface area contributed by atoms with Gasteiger partial charge in [0.2, 0.25) is 0 Å². The van der Waals surface area contributed by atoms with Crippen LogP contribution in [-0.2, 0) is 11.3 Å². The van der Waals surface area contributed by atoms with E-state index in [9.17, 15) is 14.0 Å². The second-order valence-corrected chi connectivity index (χ2v) is 6.86. The van der Waals surface area contributed by atoms with Gasteiger partial charge in [0.05, 0.1) is 5.56 Å². The minimum atomic E-state index is -0.307. The van der Waals surface area contributed by atoms with Crippen LogP contribution in [0, 0.1) is 12.7 Å². The van der Waals surface area contributed by atoms with Gasteiger partial charge in [-0.3, -0.25) is 9.59 Å². The third kappa shape index (κ3) is 3.62. The Morgan fingerprint density at radius 2 is 1.92 bits per heavy atom. The molecule has 136 valence electrons. The Bertz CT molecular complexity index is 845. The highest BCUT2D eigenvalue weighted by atomic mass is 19.1. The molecular weight excluding hydrogens is 333 g/mol. The molecule has 0 radical (unpaired) electrons. The molecule has 3 rings (SSSR count). The van der Waals surface area contributed by atoms with Crippen molar-refractivity contribution >= 4 is 11.7 Å².